The van der Waals surface area contributed by atoms with Gasteiger partial charge in [-0.2, -0.15) is 0 Å². The van der Waals surface area contributed by atoms with Gasteiger partial charge in [-0.15, -0.1) is 0 Å². The molecule has 0 aromatic heterocycles. The molecule has 2 rings (SSSR count). The van der Waals surface area contributed by atoms with Crippen LogP contribution in [0.25, 0.3) is 0 Å². The SMILES string of the molecule is CCCN(CCC)c1ccc(CCC(=O)N2CCCCCC2)cc1N. The van der Waals surface area contributed by atoms with Crippen LogP contribution < -0.4 is 10.6 Å². The Morgan fingerprint density at radius 1 is 1.08 bits per heavy atom. The van der Waals surface area contributed by atoms with Crippen molar-refractivity contribution >= 4 is 17.3 Å². The standard InChI is InChI=1S/C21H35N3O/c1-3-13-23(14-4-2)20-11-9-18(17-19(20)22)10-12-21(25)24-15-7-5-6-8-16-24/h9,11,17H,3-8,10,12-16,22H2,1-2H3. The molecule has 1 saturated heterocycles. The number of nitrogens with two attached hydrogens (primary N) is 1. The summed E-state index contributed by atoms with van der Waals surface area (Å²) in [5, 5.41) is 0. The van der Waals surface area contributed by atoms with Crippen LogP contribution in [0.4, 0.5) is 11.4 Å². The Hall–Kier alpha value is -1.71. The van der Waals surface area contributed by atoms with Crippen LogP contribution in [-0.2, 0) is 11.2 Å². The van der Waals surface area contributed by atoms with Crippen LogP contribution in [-0.4, -0.2) is 37.0 Å². The Kier molecular flexibility index (Phi) is 8.10. The predicted octanol–water partition coefficient (Wildman–Crippen LogP) is 4.23. The number of carbonyl (C=O) groups excluding carboxylic acids is 1. The second-order valence-corrected chi connectivity index (χ2v) is 7.18. The van der Waals surface area contributed by atoms with Crippen LogP contribution in [0.15, 0.2) is 18.2 Å². The first-order valence-electron chi connectivity index (χ1n) is 10.1. The lowest BCUT2D eigenvalue weighted by molar-refractivity contribution is -0.131. The van der Waals surface area contributed by atoms with Gasteiger partial charge in [0.15, 0.2) is 0 Å². The first kappa shape index (κ1) is 19.6. The molecule has 140 valence electrons. The first-order chi connectivity index (χ1) is 12.2. The lowest BCUT2D eigenvalue weighted by Crippen LogP contribution is -2.31. The van der Waals surface area contributed by atoms with Crippen molar-refractivity contribution < 1.29 is 4.79 Å². The first-order valence-corrected chi connectivity index (χ1v) is 10.1. The summed E-state index contributed by atoms with van der Waals surface area (Å²) in [6.07, 6.45) is 8.42. The lowest BCUT2D eigenvalue weighted by Gasteiger charge is -2.25. The number of benzene rings is 1. The minimum Gasteiger partial charge on any atom is -0.397 e. The molecule has 1 aromatic carbocycles. The zero-order valence-corrected chi connectivity index (χ0v) is 16.1. The molecule has 25 heavy (non-hydrogen) atoms. The summed E-state index contributed by atoms with van der Waals surface area (Å²) in [5.74, 6) is 0.295. The molecule has 1 aliphatic rings. The van der Waals surface area contributed by atoms with E-state index >= 15 is 0 Å². The monoisotopic (exact) mass is 345 g/mol. The molecule has 0 bridgehead atoms. The molecule has 1 aliphatic heterocycles. The number of anilines is 2. The number of amides is 1. The maximum atomic E-state index is 12.4. The quantitative estimate of drug-likeness (QED) is 0.717. The number of nitrogens with zero attached hydrogens (tertiary/aromatic N) is 2. The highest BCUT2D eigenvalue weighted by atomic mass is 16.2. The zero-order valence-electron chi connectivity index (χ0n) is 16.1. The number of hydrogen-bond donors (Lipinski definition) is 1. The Morgan fingerprint density at radius 3 is 2.28 bits per heavy atom. The van der Waals surface area contributed by atoms with Gasteiger partial charge in [0, 0.05) is 32.6 Å². The second-order valence-electron chi connectivity index (χ2n) is 7.18. The number of carbonyl (C=O) groups is 1. The molecule has 0 unspecified atom stereocenters. The van der Waals surface area contributed by atoms with Gasteiger partial charge < -0.3 is 15.5 Å². The maximum Gasteiger partial charge on any atom is 0.222 e. The third kappa shape index (κ3) is 5.94. The van der Waals surface area contributed by atoms with E-state index in [1.165, 1.54) is 12.8 Å². The molecule has 1 aromatic rings. The van der Waals surface area contributed by atoms with Crippen LogP contribution in [0.2, 0.25) is 0 Å². The average molecular weight is 346 g/mol. The van der Waals surface area contributed by atoms with E-state index in [0.717, 1.165) is 75.2 Å². The Bertz CT molecular complexity index is 530. The van der Waals surface area contributed by atoms with Gasteiger partial charge >= 0.3 is 0 Å². The molecule has 0 radical (unpaired) electrons. The van der Waals surface area contributed by atoms with E-state index in [2.05, 4.69) is 41.8 Å². The summed E-state index contributed by atoms with van der Waals surface area (Å²) in [6, 6.07) is 6.33. The predicted molar refractivity (Wildman–Crippen MR) is 107 cm³/mol. The Balaban J connectivity index is 1.94. The molecule has 0 atom stereocenters. The van der Waals surface area contributed by atoms with Gasteiger partial charge in [0.25, 0.3) is 0 Å². The van der Waals surface area contributed by atoms with Gasteiger partial charge in [0.2, 0.25) is 5.91 Å². The molecule has 1 fully saturated rings. The Labute approximate surface area is 153 Å². The van der Waals surface area contributed by atoms with Crippen molar-refractivity contribution in [2.24, 2.45) is 0 Å². The summed E-state index contributed by atoms with van der Waals surface area (Å²) >= 11 is 0. The topological polar surface area (TPSA) is 49.6 Å². The second kappa shape index (κ2) is 10.3. The summed E-state index contributed by atoms with van der Waals surface area (Å²) in [6.45, 7) is 8.32. The van der Waals surface area contributed by atoms with Crippen molar-refractivity contribution in [3.05, 3.63) is 23.8 Å². The number of nitrogen functional groups attached to an aromatic ring is 1. The number of rotatable bonds is 8. The zero-order chi connectivity index (χ0) is 18.1. The van der Waals surface area contributed by atoms with Gasteiger partial charge in [0.05, 0.1) is 11.4 Å². The van der Waals surface area contributed by atoms with Crippen LogP contribution in [0.1, 0.15) is 64.4 Å². The van der Waals surface area contributed by atoms with E-state index in [4.69, 9.17) is 5.73 Å². The van der Waals surface area contributed by atoms with E-state index in [1.807, 2.05) is 0 Å². The van der Waals surface area contributed by atoms with Gasteiger partial charge in [-0.05, 0) is 49.8 Å². The van der Waals surface area contributed by atoms with Crippen molar-refractivity contribution in [3.63, 3.8) is 0 Å². The summed E-state index contributed by atoms with van der Waals surface area (Å²) in [7, 11) is 0. The van der Waals surface area contributed by atoms with Gasteiger partial charge in [0.1, 0.15) is 0 Å². The van der Waals surface area contributed by atoms with Gasteiger partial charge in [-0.3, -0.25) is 4.79 Å². The lowest BCUT2D eigenvalue weighted by atomic mass is 10.1. The third-order valence-corrected chi connectivity index (χ3v) is 5.01. The summed E-state index contributed by atoms with van der Waals surface area (Å²) in [5.41, 5.74) is 9.45. The molecule has 4 nitrogen and oxygen atoms in total. The molecular weight excluding hydrogens is 310 g/mol. The smallest absolute Gasteiger partial charge is 0.222 e. The van der Waals surface area contributed by atoms with Crippen molar-refractivity contribution in [3.8, 4) is 0 Å². The fourth-order valence-electron chi connectivity index (χ4n) is 3.67. The molecule has 1 heterocycles. The highest BCUT2D eigenvalue weighted by molar-refractivity contribution is 5.76. The normalized spacial score (nSPS) is 15.0. The number of likely N-dealkylation sites (tertiary alicyclic amines) is 1. The minimum atomic E-state index is 0.295. The largest absolute Gasteiger partial charge is 0.397 e. The number of aryl methyl sites for hydroxylation is 1. The van der Waals surface area contributed by atoms with E-state index < -0.39 is 0 Å². The van der Waals surface area contributed by atoms with Crippen molar-refractivity contribution in [1.29, 1.82) is 0 Å². The van der Waals surface area contributed by atoms with Crippen LogP contribution in [0.3, 0.4) is 0 Å². The van der Waals surface area contributed by atoms with Gasteiger partial charge in [-0.25, -0.2) is 0 Å². The van der Waals surface area contributed by atoms with Crippen molar-refractivity contribution in [1.82, 2.24) is 4.90 Å². The van der Waals surface area contributed by atoms with E-state index in [0.29, 0.717) is 12.3 Å². The fourth-order valence-corrected chi connectivity index (χ4v) is 3.67. The molecular formula is C21H35N3O. The molecule has 1 amide bonds. The molecule has 0 saturated carbocycles. The molecule has 0 spiro atoms. The highest BCUT2D eigenvalue weighted by Gasteiger charge is 2.15. The highest BCUT2D eigenvalue weighted by Crippen LogP contribution is 2.25. The Morgan fingerprint density at radius 2 is 1.72 bits per heavy atom. The van der Waals surface area contributed by atoms with Crippen molar-refractivity contribution in [2.75, 3.05) is 36.8 Å². The van der Waals surface area contributed by atoms with E-state index in [-0.39, 0.29) is 0 Å². The van der Waals surface area contributed by atoms with Crippen LogP contribution in [0, 0.1) is 0 Å². The maximum absolute atomic E-state index is 12.4. The van der Waals surface area contributed by atoms with Crippen LogP contribution >= 0.6 is 0 Å². The fraction of sp³-hybridized carbons (Fsp3) is 0.667. The van der Waals surface area contributed by atoms with Gasteiger partial charge in [-0.1, -0.05) is 32.8 Å². The molecule has 2 N–H and O–H groups in total. The minimum absolute atomic E-state index is 0.295. The summed E-state index contributed by atoms with van der Waals surface area (Å²) in [4.78, 5) is 16.9. The summed E-state index contributed by atoms with van der Waals surface area (Å²) < 4.78 is 0. The van der Waals surface area contributed by atoms with Crippen LogP contribution in [0.5, 0.6) is 0 Å². The molecule has 4 heteroatoms. The van der Waals surface area contributed by atoms with E-state index in [9.17, 15) is 4.79 Å². The van der Waals surface area contributed by atoms with E-state index in [1.54, 1.807) is 0 Å². The average Bonchev–Trinajstić information content (AvgIpc) is 2.89. The third-order valence-electron chi connectivity index (χ3n) is 5.01. The number of hydrogen-bond acceptors (Lipinski definition) is 3. The van der Waals surface area contributed by atoms with Crippen molar-refractivity contribution in [2.45, 2.75) is 65.2 Å². The molecule has 0 aliphatic carbocycles.